The zero-order valence-electron chi connectivity index (χ0n) is 12.9. The number of benzene rings is 2. The summed E-state index contributed by atoms with van der Waals surface area (Å²) in [7, 11) is 3.44. The van der Waals surface area contributed by atoms with Crippen LogP contribution in [0.3, 0.4) is 0 Å². The molecule has 1 N–H and O–H groups in total. The van der Waals surface area contributed by atoms with Crippen molar-refractivity contribution in [3.8, 4) is 17.1 Å². The molecule has 1 aromatic heterocycles. The molecule has 3 aromatic rings. The Bertz CT molecular complexity index is 842. The lowest BCUT2D eigenvalue weighted by molar-refractivity contribution is 0.102. The van der Waals surface area contributed by atoms with Crippen LogP contribution in [0, 0.1) is 0 Å². The molecule has 0 saturated carbocycles. The Hall–Kier alpha value is -3.15. The Morgan fingerprint density at radius 2 is 2.00 bits per heavy atom. The summed E-state index contributed by atoms with van der Waals surface area (Å²) in [5, 5.41) is 10.8. The molecule has 6 heteroatoms. The minimum atomic E-state index is -0.195. The zero-order valence-corrected chi connectivity index (χ0v) is 12.9. The first-order valence-corrected chi connectivity index (χ1v) is 7.07. The smallest absolute Gasteiger partial charge is 0.255 e. The second-order valence-corrected chi connectivity index (χ2v) is 5.03. The van der Waals surface area contributed by atoms with Gasteiger partial charge in [0.1, 0.15) is 12.1 Å². The summed E-state index contributed by atoms with van der Waals surface area (Å²) in [5.74, 6) is 1.19. The van der Waals surface area contributed by atoms with E-state index in [1.807, 2.05) is 35.9 Å². The van der Waals surface area contributed by atoms with E-state index in [9.17, 15) is 4.79 Å². The Labute approximate surface area is 133 Å². The summed E-state index contributed by atoms with van der Waals surface area (Å²) in [5.41, 5.74) is 2.11. The summed E-state index contributed by atoms with van der Waals surface area (Å²) >= 11 is 0. The number of rotatable bonds is 4. The molecule has 0 aliphatic carbocycles. The van der Waals surface area contributed by atoms with E-state index >= 15 is 0 Å². The molecule has 1 heterocycles. The first kappa shape index (κ1) is 14.8. The lowest BCUT2D eigenvalue weighted by atomic mass is 10.1. The predicted molar refractivity (Wildman–Crippen MR) is 87.4 cm³/mol. The fourth-order valence-electron chi connectivity index (χ4n) is 2.25. The van der Waals surface area contributed by atoms with Crippen molar-refractivity contribution in [1.29, 1.82) is 0 Å². The van der Waals surface area contributed by atoms with Crippen molar-refractivity contribution in [3.63, 3.8) is 0 Å². The number of ether oxygens (including phenoxy) is 1. The third-order valence-electron chi connectivity index (χ3n) is 3.42. The molecule has 0 spiro atoms. The van der Waals surface area contributed by atoms with E-state index < -0.39 is 0 Å². The number of aromatic nitrogens is 3. The van der Waals surface area contributed by atoms with E-state index in [0.717, 1.165) is 11.4 Å². The van der Waals surface area contributed by atoms with Crippen molar-refractivity contribution in [2.24, 2.45) is 7.05 Å². The van der Waals surface area contributed by atoms with Gasteiger partial charge in [0.15, 0.2) is 5.82 Å². The third kappa shape index (κ3) is 3.21. The lowest BCUT2D eigenvalue weighted by Crippen LogP contribution is -2.12. The van der Waals surface area contributed by atoms with Gasteiger partial charge in [-0.2, -0.15) is 0 Å². The second-order valence-electron chi connectivity index (χ2n) is 5.03. The van der Waals surface area contributed by atoms with Gasteiger partial charge in [-0.25, -0.2) is 0 Å². The quantitative estimate of drug-likeness (QED) is 0.804. The lowest BCUT2D eigenvalue weighted by Gasteiger charge is -2.08. The molecule has 0 aliphatic rings. The number of carbonyl (C=O) groups excluding carboxylic acids is 1. The molecule has 0 saturated heterocycles. The third-order valence-corrected chi connectivity index (χ3v) is 3.42. The molecule has 116 valence electrons. The minimum absolute atomic E-state index is 0.195. The van der Waals surface area contributed by atoms with E-state index in [1.54, 1.807) is 37.7 Å². The van der Waals surface area contributed by atoms with Gasteiger partial charge in [0.2, 0.25) is 0 Å². The summed E-state index contributed by atoms with van der Waals surface area (Å²) in [4.78, 5) is 12.3. The number of anilines is 1. The number of aryl methyl sites for hydroxylation is 1. The molecule has 0 radical (unpaired) electrons. The number of hydrogen-bond acceptors (Lipinski definition) is 4. The van der Waals surface area contributed by atoms with Crippen molar-refractivity contribution >= 4 is 11.6 Å². The van der Waals surface area contributed by atoms with Crippen molar-refractivity contribution in [1.82, 2.24) is 14.8 Å². The van der Waals surface area contributed by atoms with Crippen LogP contribution in [-0.4, -0.2) is 27.8 Å². The highest BCUT2D eigenvalue weighted by Gasteiger charge is 2.09. The molecule has 3 rings (SSSR count). The normalized spacial score (nSPS) is 10.3. The average Bonchev–Trinajstić information content (AvgIpc) is 3.01. The predicted octanol–water partition coefficient (Wildman–Crippen LogP) is 2.74. The Morgan fingerprint density at radius 3 is 2.74 bits per heavy atom. The largest absolute Gasteiger partial charge is 0.497 e. The van der Waals surface area contributed by atoms with Gasteiger partial charge in [0.05, 0.1) is 7.11 Å². The molecule has 2 aromatic carbocycles. The molecule has 6 nitrogen and oxygen atoms in total. The monoisotopic (exact) mass is 308 g/mol. The van der Waals surface area contributed by atoms with Gasteiger partial charge in [-0.3, -0.25) is 4.79 Å². The van der Waals surface area contributed by atoms with Crippen molar-refractivity contribution in [2.45, 2.75) is 0 Å². The molecule has 1 amide bonds. The number of hydrogen-bond donors (Lipinski definition) is 1. The number of carbonyl (C=O) groups is 1. The Balaban J connectivity index is 1.83. The molecule has 0 atom stereocenters. The minimum Gasteiger partial charge on any atom is -0.497 e. The van der Waals surface area contributed by atoms with E-state index in [4.69, 9.17) is 4.74 Å². The van der Waals surface area contributed by atoms with E-state index in [1.165, 1.54) is 0 Å². The fraction of sp³-hybridized carbons (Fsp3) is 0.118. The van der Waals surface area contributed by atoms with Crippen LogP contribution in [0.5, 0.6) is 5.75 Å². The molecule has 23 heavy (non-hydrogen) atoms. The van der Waals surface area contributed by atoms with Gasteiger partial charge in [-0.05, 0) is 30.3 Å². The fourth-order valence-corrected chi connectivity index (χ4v) is 2.25. The van der Waals surface area contributed by atoms with Crippen LogP contribution in [0.2, 0.25) is 0 Å². The molecule has 0 aliphatic heterocycles. The van der Waals surface area contributed by atoms with Gasteiger partial charge in [0.25, 0.3) is 5.91 Å². The van der Waals surface area contributed by atoms with Crippen LogP contribution in [-0.2, 0) is 7.05 Å². The maximum absolute atomic E-state index is 12.3. The number of methoxy groups -OCH3 is 1. The van der Waals surface area contributed by atoms with Gasteiger partial charge in [-0.15, -0.1) is 10.2 Å². The maximum Gasteiger partial charge on any atom is 0.255 e. The van der Waals surface area contributed by atoms with E-state index in [0.29, 0.717) is 17.0 Å². The molecular weight excluding hydrogens is 292 g/mol. The summed E-state index contributed by atoms with van der Waals surface area (Å²) in [6, 6.07) is 14.5. The second kappa shape index (κ2) is 6.31. The average molecular weight is 308 g/mol. The van der Waals surface area contributed by atoms with Gasteiger partial charge in [-0.1, -0.05) is 18.2 Å². The first-order chi connectivity index (χ1) is 11.2. The molecule has 0 bridgehead atoms. The number of nitrogens with one attached hydrogen (secondary N) is 1. The zero-order chi connectivity index (χ0) is 16.2. The van der Waals surface area contributed by atoms with Crippen LogP contribution >= 0.6 is 0 Å². The Kier molecular flexibility index (Phi) is 4.05. The van der Waals surface area contributed by atoms with Crippen LogP contribution in [0.15, 0.2) is 54.9 Å². The summed E-state index contributed by atoms with van der Waals surface area (Å²) < 4.78 is 6.96. The van der Waals surface area contributed by atoms with Crippen LogP contribution in [0.25, 0.3) is 11.4 Å². The van der Waals surface area contributed by atoms with Crippen LogP contribution in [0.4, 0.5) is 5.69 Å². The Morgan fingerprint density at radius 1 is 1.17 bits per heavy atom. The van der Waals surface area contributed by atoms with Crippen LogP contribution in [0.1, 0.15) is 10.4 Å². The summed E-state index contributed by atoms with van der Waals surface area (Å²) in [6.07, 6.45) is 1.64. The number of nitrogens with zero attached hydrogens (tertiary/aromatic N) is 3. The highest BCUT2D eigenvalue weighted by molar-refractivity contribution is 6.04. The highest BCUT2D eigenvalue weighted by atomic mass is 16.5. The van der Waals surface area contributed by atoms with E-state index in [-0.39, 0.29) is 5.91 Å². The highest BCUT2D eigenvalue weighted by Crippen LogP contribution is 2.21. The number of amides is 1. The molecule has 0 fully saturated rings. The van der Waals surface area contributed by atoms with Gasteiger partial charge in [0, 0.05) is 23.9 Å². The van der Waals surface area contributed by atoms with Gasteiger partial charge >= 0.3 is 0 Å². The first-order valence-electron chi connectivity index (χ1n) is 7.07. The molecular formula is C17H16N4O2. The van der Waals surface area contributed by atoms with E-state index in [2.05, 4.69) is 15.5 Å². The van der Waals surface area contributed by atoms with Crippen molar-refractivity contribution < 1.29 is 9.53 Å². The van der Waals surface area contributed by atoms with Gasteiger partial charge < -0.3 is 14.6 Å². The topological polar surface area (TPSA) is 69.0 Å². The SMILES string of the molecule is COc1cccc(C(=O)Nc2cccc(-c3nncn3C)c2)c1. The van der Waals surface area contributed by atoms with Crippen molar-refractivity contribution in [2.75, 3.05) is 12.4 Å². The molecule has 0 unspecified atom stereocenters. The maximum atomic E-state index is 12.3. The standard InChI is InChI=1S/C17H16N4O2/c1-21-11-18-20-16(21)12-5-3-7-14(9-12)19-17(22)13-6-4-8-15(10-13)23-2/h3-11H,1-2H3,(H,19,22). The van der Waals surface area contributed by atoms with Crippen LogP contribution < -0.4 is 10.1 Å². The van der Waals surface area contributed by atoms with Crippen molar-refractivity contribution in [3.05, 3.63) is 60.4 Å². The summed E-state index contributed by atoms with van der Waals surface area (Å²) in [6.45, 7) is 0.